The number of quaternary nitrogens is 1. The Balaban J connectivity index is 1.58. The zero-order chi connectivity index (χ0) is 16.2. The summed E-state index contributed by atoms with van der Waals surface area (Å²) in [6.07, 6.45) is 1.61. The number of rotatable bonds is 6. The average molecular weight is 330 g/mol. The summed E-state index contributed by atoms with van der Waals surface area (Å²) in [5, 5.41) is 3.94. The molecule has 2 aromatic heterocycles. The summed E-state index contributed by atoms with van der Waals surface area (Å²) in [5.74, 6) is 0.766. The summed E-state index contributed by atoms with van der Waals surface area (Å²) in [5.41, 5.74) is 1.02. The maximum Gasteiger partial charge on any atom is 0.275 e. The van der Waals surface area contributed by atoms with Gasteiger partial charge in [0.15, 0.2) is 11.6 Å². The second-order valence-corrected chi connectivity index (χ2v) is 6.68. The maximum absolute atomic E-state index is 12.1. The third-order valence-corrected chi connectivity index (χ3v) is 5.12. The lowest BCUT2D eigenvalue weighted by Crippen LogP contribution is -3.10. The molecule has 1 amide bonds. The molecule has 3 rings (SSSR count). The van der Waals surface area contributed by atoms with Gasteiger partial charge in [-0.1, -0.05) is 12.1 Å². The van der Waals surface area contributed by atoms with Crippen LogP contribution in [0.4, 0.5) is 0 Å². The van der Waals surface area contributed by atoms with Crippen molar-refractivity contribution in [2.75, 3.05) is 13.6 Å². The molecule has 2 atom stereocenters. The number of carbonyl (C=O) groups excluding carboxylic acids is 1. The molecule has 0 saturated heterocycles. The SMILES string of the molecule is C[C@@H](c1nc2ccccc2s1)[NH+](C)CC(=O)NCc1ccco1. The largest absolute Gasteiger partial charge is 0.467 e. The van der Waals surface area contributed by atoms with E-state index in [1.54, 1.807) is 17.6 Å². The van der Waals surface area contributed by atoms with E-state index in [1.807, 2.05) is 37.4 Å². The normalized spacial score (nSPS) is 13.8. The molecule has 0 aliphatic heterocycles. The monoisotopic (exact) mass is 330 g/mol. The van der Waals surface area contributed by atoms with Gasteiger partial charge in [0.1, 0.15) is 11.8 Å². The number of fused-ring (bicyclic) bond motifs is 1. The van der Waals surface area contributed by atoms with E-state index in [4.69, 9.17) is 4.42 Å². The lowest BCUT2D eigenvalue weighted by Gasteiger charge is -2.19. The van der Waals surface area contributed by atoms with Gasteiger partial charge in [-0.2, -0.15) is 0 Å². The summed E-state index contributed by atoms with van der Waals surface area (Å²) < 4.78 is 6.39. The molecule has 0 fully saturated rings. The smallest absolute Gasteiger partial charge is 0.275 e. The van der Waals surface area contributed by atoms with Crippen LogP contribution in [-0.2, 0) is 11.3 Å². The Morgan fingerprint density at radius 1 is 1.35 bits per heavy atom. The van der Waals surface area contributed by atoms with Crippen molar-refractivity contribution in [1.82, 2.24) is 10.3 Å². The molecule has 0 radical (unpaired) electrons. The van der Waals surface area contributed by atoms with Gasteiger partial charge in [0, 0.05) is 0 Å². The van der Waals surface area contributed by atoms with Crippen LogP contribution in [0, 0.1) is 0 Å². The van der Waals surface area contributed by atoms with Crippen LogP contribution in [-0.4, -0.2) is 24.5 Å². The Hall–Kier alpha value is -2.18. The number of hydrogen-bond donors (Lipinski definition) is 2. The number of hydrogen-bond acceptors (Lipinski definition) is 4. The minimum Gasteiger partial charge on any atom is -0.467 e. The lowest BCUT2D eigenvalue weighted by molar-refractivity contribution is -0.902. The quantitative estimate of drug-likeness (QED) is 0.724. The van der Waals surface area contributed by atoms with Gasteiger partial charge < -0.3 is 14.6 Å². The Morgan fingerprint density at radius 3 is 2.91 bits per heavy atom. The predicted octanol–water partition coefficient (Wildman–Crippen LogP) is 1.78. The van der Waals surface area contributed by atoms with Crippen LogP contribution in [0.1, 0.15) is 23.7 Å². The first-order valence-electron chi connectivity index (χ1n) is 7.60. The highest BCUT2D eigenvalue weighted by atomic mass is 32.1. The van der Waals surface area contributed by atoms with Gasteiger partial charge in [-0.15, -0.1) is 11.3 Å². The molecule has 0 spiro atoms. The molecule has 2 N–H and O–H groups in total. The first-order valence-corrected chi connectivity index (χ1v) is 8.42. The summed E-state index contributed by atoms with van der Waals surface area (Å²) >= 11 is 1.69. The summed E-state index contributed by atoms with van der Waals surface area (Å²) in [6, 6.07) is 11.9. The third kappa shape index (κ3) is 3.78. The molecule has 23 heavy (non-hydrogen) atoms. The molecular formula is C17H20N3O2S+. The second-order valence-electron chi connectivity index (χ2n) is 5.62. The van der Waals surface area contributed by atoms with E-state index in [9.17, 15) is 4.79 Å². The molecule has 6 heteroatoms. The number of nitrogens with zero attached hydrogens (tertiary/aromatic N) is 1. The van der Waals surface area contributed by atoms with Gasteiger partial charge in [0.2, 0.25) is 0 Å². The van der Waals surface area contributed by atoms with Crippen molar-refractivity contribution >= 4 is 27.5 Å². The highest BCUT2D eigenvalue weighted by Gasteiger charge is 2.21. The molecule has 0 aliphatic carbocycles. The van der Waals surface area contributed by atoms with E-state index in [0.717, 1.165) is 21.2 Å². The third-order valence-electron chi connectivity index (χ3n) is 3.90. The standard InChI is InChI=1S/C17H19N3O2S/c1-12(17-19-14-7-3-4-8-15(14)23-17)20(2)11-16(21)18-10-13-6-5-9-22-13/h3-9,12H,10-11H2,1-2H3,(H,18,21)/p+1/t12-/m0/s1. The number of thiazole rings is 1. The second kappa shape index (κ2) is 6.93. The van der Waals surface area contributed by atoms with Crippen molar-refractivity contribution < 1.29 is 14.1 Å². The number of likely N-dealkylation sites (N-methyl/N-ethyl adjacent to an activating group) is 1. The number of furan rings is 1. The summed E-state index contributed by atoms with van der Waals surface area (Å²) in [4.78, 5) is 17.9. The van der Waals surface area contributed by atoms with Gasteiger partial charge in [-0.25, -0.2) is 4.98 Å². The van der Waals surface area contributed by atoms with Crippen LogP contribution in [0.25, 0.3) is 10.2 Å². The van der Waals surface area contributed by atoms with Crippen molar-refractivity contribution in [3.8, 4) is 0 Å². The Morgan fingerprint density at radius 2 is 2.17 bits per heavy atom. The van der Waals surface area contributed by atoms with Gasteiger partial charge in [-0.05, 0) is 31.2 Å². The van der Waals surface area contributed by atoms with Crippen LogP contribution < -0.4 is 10.2 Å². The number of nitrogens with one attached hydrogen (secondary N) is 2. The molecule has 2 heterocycles. The lowest BCUT2D eigenvalue weighted by atomic mass is 10.3. The Bertz CT molecular complexity index is 749. The van der Waals surface area contributed by atoms with Gasteiger partial charge in [0.25, 0.3) is 5.91 Å². The zero-order valence-corrected chi connectivity index (χ0v) is 14.0. The zero-order valence-electron chi connectivity index (χ0n) is 13.2. The fraction of sp³-hybridized carbons (Fsp3) is 0.294. The fourth-order valence-corrected chi connectivity index (χ4v) is 3.47. The van der Waals surface area contributed by atoms with Crippen LogP contribution in [0.3, 0.4) is 0 Å². The number of aromatic nitrogens is 1. The highest BCUT2D eigenvalue weighted by molar-refractivity contribution is 7.18. The number of carbonyl (C=O) groups is 1. The van der Waals surface area contributed by atoms with Crippen molar-refractivity contribution in [2.24, 2.45) is 0 Å². The van der Waals surface area contributed by atoms with Crippen LogP contribution in [0.15, 0.2) is 47.1 Å². The molecule has 3 aromatic rings. The summed E-state index contributed by atoms with van der Waals surface area (Å²) in [6.45, 7) is 2.93. The molecular weight excluding hydrogens is 310 g/mol. The van der Waals surface area contributed by atoms with E-state index in [2.05, 4.69) is 23.3 Å². The topological polar surface area (TPSA) is 59.6 Å². The van der Waals surface area contributed by atoms with Crippen molar-refractivity contribution in [3.05, 3.63) is 53.4 Å². The van der Waals surface area contributed by atoms with E-state index in [1.165, 1.54) is 4.70 Å². The Labute approximate surface area is 138 Å². The first kappa shape index (κ1) is 15.7. The van der Waals surface area contributed by atoms with E-state index < -0.39 is 0 Å². The number of para-hydroxylation sites is 1. The minimum atomic E-state index is 0.00635. The highest BCUT2D eigenvalue weighted by Crippen LogP contribution is 2.24. The van der Waals surface area contributed by atoms with E-state index in [0.29, 0.717) is 13.1 Å². The molecule has 1 unspecified atom stereocenters. The van der Waals surface area contributed by atoms with E-state index in [-0.39, 0.29) is 11.9 Å². The average Bonchev–Trinajstić information content (AvgIpc) is 3.21. The number of amides is 1. The van der Waals surface area contributed by atoms with Crippen LogP contribution in [0.2, 0.25) is 0 Å². The molecule has 0 aliphatic rings. The van der Waals surface area contributed by atoms with Crippen LogP contribution >= 0.6 is 11.3 Å². The van der Waals surface area contributed by atoms with Gasteiger partial charge in [-0.3, -0.25) is 4.79 Å². The Kier molecular flexibility index (Phi) is 4.73. The van der Waals surface area contributed by atoms with Crippen molar-refractivity contribution in [2.45, 2.75) is 19.5 Å². The molecule has 1 aromatic carbocycles. The summed E-state index contributed by atoms with van der Waals surface area (Å²) in [7, 11) is 2.02. The number of benzene rings is 1. The predicted molar refractivity (Wildman–Crippen MR) is 90.3 cm³/mol. The van der Waals surface area contributed by atoms with Crippen LogP contribution in [0.5, 0.6) is 0 Å². The maximum atomic E-state index is 12.1. The van der Waals surface area contributed by atoms with Crippen molar-refractivity contribution in [3.63, 3.8) is 0 Å². The molecule has 5 nitrogen and oxygen atoms in total. The fourth-order valence-electron chi connectivity index (χ4n) is 2.35. The van der Waals surface area contributed by atoms with E-state index >= 15 is 0 Å². The molecule has 0 saturated carbocycles. The molecule has 120 valence electrons. The van der Waals surface area contributed by atoms with Gasteiger partial charge in [0.05, 0.1) is 30.1 Å². The minimum absolute atomic E-state index is 0.00635. The van der Waals surface area contributed by atoms with Gasteiger partial charge >= 0.3 is 0 Å². The van der Waals surface area contributed by atoms with Crippen molar-refractivity contribution in [1.29, 1.82) is 0 Å². The first-order chi connectivity index (χ1) is 11.1. The molecule has 0 bridgehead atoms.